The van der Waals surface area contributed by atoms with Gasteiger partial charge in [0.2, 0.25) is 10.0 Å². The number of carbonyl (C=O) groups is 2. The van der Waals surface area contributed by atoms with Crippen LogP contribution in [0.25, 0.3) is 16.7 Å². The lowest BCUT2D eigenvalue weighted by molar-refractivity contribution is -0.139. The van der Waals surface area contributed by atoms with Crippen LogP contribution in [0.4, 0.5) is 10.1 Å². The molecule has 0 spiro atoms. The number of hydrogen-bond donors (Lipinski definition) is 1. The van der Waals surface area contributed by atoms with Gasteiger partial charge >= 0.3 is 5.97 Å². The van der Waals surface area contributed by atoms with Gasteiger partial charge < -0.3 is 4.74 Å². The quantitative estimate of drug-likeness (QED) is 0.297. The highest BCUT2D eigenvalue weighted by Gasteiger charge is 2.27. The number of allylic oxidation sites excluding steroid dienone is 1. The Morgan fingerprint density at radius 3 is 2.27 bits per heavy atom. The monoisotopic (exact) mass is 563 g/mol. The molecular formula is C30H30FN3O5S. The minimum atomic E-state index is -3.86. The van der Waals surface area contributed by atoms with Crippen LogP contribution in [-0.2, 0) is 24.3 Å². The molecule has 3 rings (SSSR count). The number of ether oxygens (including phenoxy) is 1. The van der Waals surface area contributed by atoms with E-state index in [1.165, 1.54) is 31.2 Å². The van der Waals surface area contributed by atoms with Gasteiger partial charge in [-0.3, -0.25) is 14.5 Å². The third-order valence-electron chi connectivity index (χ3n) is 5.81. The first-order valence-corrected chi connectivity index (χ1v) is 13.7. The van der Waals surface area contributed by atoms with E-state index in [1.807, 2.05) is 6.07 Å². The van der Waals surface area contributed by atoms with Crippen LogP contribution < -0.4 is 9.62 Å². The second-order valence-corrected chi connectivity index (χ2v) is 11.6. The van der Waals surface area contributed by atoms with Gasteiger partial charge in [0.1, 0.15) is 6.54 Å². The first-order valence-electron chi connectivity index (χ1n) is 12.3. The number of carbonyl (C=O) groups excluding carboxylic acids is 2. The molecule has 0 aliphatic rings. The molecule has 0 aliphatic heterocycles. The molecule has 1 amide bonds. The van der Waals surface area contributed by atoms with Gasteiger partial charge in [0.05, 0.1) is 23.6 Å². The number of sulfonamides is 1. The van der Waals surface area contributed by atoms with Gasteiger partial charge in [-0.2, -0.15) is 5.26 Å². The number of benzene rings is 3. The minimum Gasteiger partial charge on any atom is -0.468 e. The molecule has 0 saturated heterocycles. The van der Waals surface area contributed by atoms with Crippen LogP contribution in [0.3, 0.4) is 0 Å². The maximum Gasteiger partial charge on any atom is 0.325 e. The molecular weight excluding hydrogens is 533 g/mol. The Kier molecular flexibility index (Phi) is 9.24. The van der Waals surface area contributed by atoms with Crippen molar-refractivity contribution in [3.05, 3.63) is 89.8 Å². The Morgan fingerprint density at radius 1 is 1.02 bits per heavy atom. The highest BCUT2D eigenvalue weighted by atomic mass is 32.2. The fourth-order valence-electron chi connectivity index (χ4n) is 3.92. The molecule has 0 aliphatic carbocycles. The average Bonchev–Trinajstić information content (AvgIpc) is 2.93. The zero-order valence-corrected chi connectivity index (χ0v) is 23.7. The number of anilines is 1. The Bertz CT molecular complexity index is 1600. The van der Waals surface area contributed by atoms with Crippen molar-refractivity contribution >= 4 is 33.2 Å². The summed E-state index contributed by atoms with van der Waals surface area (Å²) < 4.78 is 49.0. The summed E-state index contributed by atoms with van der Waals surface area (Å²) in [6, 6.07) is 20.8. The van der Waals surface area contributed by atoms with Crippen molar-refractivity contribution in [3.63, 3.8) is 0 Å². The molecule has 208 valence electrons. The molecule has 8 nitrogen and oxygen atoms in total. The van der Waals surface area contributed by atoms with Crippen LogP contribution in [0, 0.1) is 11.3 Å². The first-order chi connectivity index (χ1) is 18.8. The fourth-order valence-corrected chi connectivity index (χ4v) is 5.57. The van der Waals surface area contributed by atoms with Crippen molar-refractivity contribution in [3.8, 4) is 17.2 Å². The summed E-state index contributed by atoms with van der Waals surface area (Å²) in [4.78, 5) is 26.4. The van der Waals surface area contributed by atoms with Gasteiger partial charge in [-0.05, 0) is 74.7 Å². The molecule has 0 unspecified atom stereocenters. The normalized spacial score (nSPS) is 12.2. The van der Waals surface area contributed by atoms with E-state index in [2.05, 4.69) is 4.72 Å². The van der Waals surface area contributed by atoms with Gasteiger partial charge in [0, 0.05) is 16.8 Å². The summed E-state index contributed by atoms with van der Waals surface area (Å²) in [5.41, 5.74) is 1.11. The summed E-state index contributed by atoms with van der Waals surface area (Å²) in [6.45, 7) is 6.07. The van der Waals surface area contributed by atoms with Crippen LogP contribution in [0.15, 0.2) is 83.5 Å². The fraction of sp³-hybridized carbons (Fsp3) is 0.233. The molecule has 10 heteroatoms. The van der Waals surface area contributed by atoms with Crippen LogP contribution >= 0.6 is 0 Å². The van der Waals surface area contributed by atoms with E-state index < -0.39 is 39.8 Å². The van der Waals surface area contributed by atoms with Gasteiger partial charge in [-0.15, -0.1) is 0 Å². The van der Waals surface area contributed by atoms with Crippen LogP contribution in [0.2, 0.25) is 0 Å². The summed E-state index contributed by atoms with van der Waals surface area (Å²) in [6.07, 6.45) is 0. The van der Waals surface area contributed by atoms with E-state index in [9.17, 15) is 18.0 Å². The third-order valence-corrected chi connectivity index (χ3v) is 7.62. The number of nitrogens with one attached hydrogen (secondary N) is 1. The molecule has 0 saturated carbocycles. The summed E-state index contributed by atoms with van der Waals surface area (Å²) in [5.74, 6) is -2.94. The first kappa shape index (κ1) is 30.2. The molecule has 0 aromatic heterocycles. The molecule has 3 aromatic carbocycles. The van der Waals surface area contributed by atoms with E-state index in [0.29, 0.717) is 22.3 Å². The molecule has 0 radical (unpaired) electrons. The lowest BCUT2D eigenvalue weighted by atomic mass is 10.0. The number of nitriles is 1. The predicted molar refractivity (Wildman–Crippen MR) is 151 cm³/mol. The van der Waals surface area contributed by atoms with Crippen molar-refractivity contribution < 1.29 is 27.1 Å². The van der Waals surface area contributed by atoms with Crippen molar-refractivity contribution in [2.45, 2.75) is 38.1 Å². The second kappa shape index (κ2) is 12.2. The van der Waals surface area contributed by atoms with Crippen LogP contribution in [0.5, 0.6) is 0 Å². The Hall–Kier alpha value is -4.33. The Balaban J connectivity index is 2.03. The van der Waals surface area contributed by atoms with E-state index in [4.69, 9.17) is 10.00 Å². The Morgan fingerprint density at radius 2 is 1.68 bits per heavy atom. The number of methoxy groups -OCH3 is 1. The van der Waals surface area contributed by atoms with Gasteiger partial charge in [-0.1, -0.05) is 42.5 Å². The van der Waals surface area contributed by atoms with Crippen LogP contribution in [0.1, 0.15) is 38.8 Å². The number of hydrogen-bond acceptors (Lipinski definition) is 6. The zero-order valence-electron chi connectivity index (χ0n) is 22.9. The molecule has 0 fully saturated rings. The Labute approximate surface area is 233 Å². The topological polar surface area (TPSA) is 117 Å². The van der Waals surface area contributed by atoms with E-state index in [1.54, 1.807) is 69.3 Å². The molecule has 0 heterocycles. The largest absolute Gasteiger partial charge is 0.468 e. The summed E-state index contributed by atoms with van der Waals surface area (Å²) in [5, 5.41) is 9.15. The number of rotatable bonds is 8. The average molecular weight is 564 g/mol. The van der Waals surface area contributed by atoms with Crippen molar-refractivity contribution in [2.24, 2.45) is 0 Å². The minimum absolute atomic E-state index is 0.000863. The third kappa shape index (κ3) is 7.20. The summed E-state index contributed by atoms with van der Waals surface area (Å²) in [7, 11) is -2.71. The summed E-state index contributed by atoms with van der Waals surface area (Å²) >= 11 is 0. The lowest BCUT2D eigenvalue weighted by Gasteiger charge is -2.23. The van der Waals surface area contributed by atoms with Gasteiger partial charge in [0.15, 0.2) is 5.83 Å². The lowest BCUT2D eigenvalue weighted by Crippen LogP contribution is -2.40. The van der Waals surface area contributed by atoms with E-state index >= 15 is 4.39 Å². The van der Waals surface area contributed by atoms with Crippen molar-refractivity contribution in [1.29, 1.82) is 5.26 Å². The highest BCUT2D eigenvalue weighted by molar-refractivity contribution is 7.89. The maximum absolute atomic E-state index is 15.4. The number of halogens is 1. The smallest absolute Gasteiger partial charge is 0.325 e. The van der Waals surface area contributed by atoms with Crippen molar-refractivity contribution in [1.82, 2.24) is 4.72 Å². The predicted octanol–water partition coefficient (Wildman–Crippen LogP) is 5.21. The second-order valence-electron chi connectivity index (χ2n) is 10.00. The number of nitrogens with zero attached hydrogens (tertiary/aromatic N) is 2. The van der Waals surface area contributed by atoms with E-state index in [-0.39, 0.29) is 16.2 Å². The SMILES string of the molecule is COC(=O)CN(C(=O)/C(F)=C(\C)c1cccc(C#N)c1)c1ccc(-c2ccccc2S(=O)(=O)NC(C)(C)C)cc1. The molecule has 40 heavy (non-hydrogen) atoms. The van der Waals surface area contributed by atoms with Crippen LogP contribution in [-0.4, -0.2) is 39.5 Å². The highest BCUT2D eigenvalue weighted by Crippen LogP contribution is 2.31. The number of esters is 1. The maximum atomic E-state index is 15.4. The molecule has 0 bridgehead atoms. The zero-order chi connectivity index (χ0) is 29.7. The number of amides is 1. The molecule has 1 N–H and O–H groups in total. The van der Waals surface area contributed by atoms with E-state index in [0.717, 1.165) is 12.0 Å². The van der Waals surface area contributed by atoms with Gasteiger partial charge in [-0.25, -0.2) is 17.5 Å². The molecule has 0 atom stereocenters. The van der Waals surface area contributed by atoms with Crippen molar-refractivity contribution in [2.75, 3.05) is 18.6 Å². The standard InChI is InChI=1S/C30H30FN3O5S/c1-20(23-10-8-9-21(17-23)18-32)28(31)29(36)34(19-27(35)39-5)24-15-13-22(14-16-24)25-11-6-7-12-26(25)40(37,38)33-30(2,3)4/h6-17,33H,19H2,1-5H3/b28-20-. The molecule has 3 aromatic rings. The van der Waals surface area contributed by atoms with Gasteiger partial charge in [0.25, 0.3) is 5.91 Å².